The zero-order chi connectivity index (χ0) is 14.0. The van der Waals surface area contributed by atoms with Crippen molar-refractivity contribution in [1.29, 1.82) is 0 Å². The molecule has 1 aliphatic rings. The smallest absolute Gasteiger partial charge is 0.335 e. The normalized spacial score (nSPS) is 17.3. The molecule has 0 bridgehead atoms. The van der Waals surface area contributed by atoms with E-state index in [-0.39, 0.29) is 29.8 Å². The van der Waals surface area contributed by atoms with E-state index in [2.05, 4.69) is 15.9 Å². The van der Waals surface area contributed by atoms with Crippen LogP contribution in [0, 0.1) is 5.92 Å². The van der Waals surface area contributed by atoms with Gasteiger partial charge in [-0.2, -0.15) is 0 Å². The van der Waals surface area contributed by atoms with Crippen LogP contribution in [0.3, 0.4) is 0 Å². The standard InChI is InChI=1S/C14H18BrNO3.ClH/c15-11-7-9(14(18)19)6-10(13(11)17)12(16)8-4-2-1-3-5-8;/h6-8,12,17H,1-5,16H2,(H,18,19);1H/t12-;/m1./s1. The molecule has 2 rings (SSSR count). The highest BCUT2D eigenvalue weighted by Gasteiger charge is 2.25. The van der Waals surface area contributed by atoms with Gasteiger partial charge in [0.2, 0.25) is 0 Å². The van der Waals surface area contributed by atoms with Crippen LogP contribution < -0.4 is 5.73 Å². The molecule has 1 saturated carbocycles. The number of benzene rings is 1. The number of nitrogens with two attached hydrogens (primary N) is 1. The van der Waals surface area contributed by atoms with E-state index < -0.39 is 5.97 Å². The van der Waals surface area contributed by atoms with Gasteiger partial charge in [0, 0.05) is 11.6 Å². The maximum absolute atomic E-state index is 11.1. The number of carboxylic acids is 1. The molecule has 1 fully saturated rings. The molecule has 0 heterocycles. The second-order valence-corrected chi connectivity index (χ2v) is 5.98. The number of halogens is 2. The van der Waals surface area contributed by atoms with Gasteiger partial charge in [0.05, 0.1) is 10.0 Å². The number of rotatable bonds is 3. The third-order valence-electron chi connectivity index (χ3n) is 3.86. The number of aromatic hydroxyl groups is 1. The summed E-state index contributed by atoms with van der Waals surface area (Å²) in [7, 11) is 0. The van der Waals surface area contributed by atoms with Crippen molar-refractivity contribution in [3.8, 4) is 5.75 Å². The average molecular weight is 365 g/mol. The molecule has 112 valence electrons. The Bertz CT molecular complexity index is 490. The van der Waals surface area contributed by atoms with Crippen LogP contribution in [0.4, 0.5) is 0 Å². The molecule has 6 heteroatoms. The number of carboxylic acid groups (broad SMARTS) is 1. The molecular weight excluding hydrogens is 346 g/mol. The summed E-state index contributed by atoms with van der Waals surface area (Å²) in [5, 5.41) is 19.2. The van der Waals surface area contributed by atoms with Crippen molar-refractivity contribution >= 4 is 34.3 Å². The fraction of sp³-hybridized carbons (Fsp3) is 0.500. The van der Waals surface area contributed by atoms with Gasteiger partial charge < -0.3 is 15.9 Å². The molecule has 0 radical (unpaired) electrons. The van der Waals surface area contributed by atoms with Crippen molar-refractivity contribution in [2.45, 2.75) is 38.1 Å². The highest BCUT2D eigenvalue weighted by atomic mass is 79.9. The van der Waals surface area contributed by atoms with Gasteiger partial charge in [-0.15, -0.1) is 12.4 Å². The molecule has 0 spiro atoms. The van der Waals surface area contributed by atoms with Crippen LogP contribution in [-0.4, -0.2) is 16.2 Å². The molecule has 4 nitrogen and oxygen atoms in total. The lowest BCUT2D eigenvalue weighted by atomic mass is 9.81. The van der Waals surface area contributed by atoms with E-state index in [0.29, 0.717) is 16.0 Å². The van der Waals surface area contributed by atoms with E-state index in [1.54, 1.807) is 0 Å². The molecular formula is C14H19BrClNO3. The lowest BCUT2D eigenvalue weighted by molar-refractivity contribution is 0.0696. The van der Waals surface area contributed by atoms with Crippen molar-refractivity contribution in [2.75, 3.05) is 0 Å². The Labute approximate surface area is 132 Å². The van der Waals surface area contributed by atoms with E-state index in [4.69, 9.17) is 10.8 Å². The summed E-state index contributed by atoms with van der Waals surface area (Å²) in [6.07, 6.45) is 5.61. The first-order valence-electron chi connectivity index (χ1n) is 6.52. The van der Waals surface area contributed by atoms with Crippen LogP contribution in [0.1, 0.15) is 54.1 Å². The van der Waals surface area contributed by atoms with E-state index in [1.807, 2.05) is 0 Å². The van der Waals surface area contributed by atoms with Gasteiger partial charge in [-0.25, -0.2) is 4.79 Å². The number of aromatic carboxylic acids is 1. The summed E-state index contributed by atoms with van der Waals surface area (Å²) in [6.45, 7) is 0. The third-order valence-corrected chi connectivity index (χ3v) is 4.46. The monoisotopic (exact) mass is 363 g/mol. The summed E-state index contributed by atoms with van der Waals surface area (Å²) >= 11 is 3.19. The second-order valence-electron chi connectivity index (χ2n) is 5.12. The first-order chi connectivity index (χ1) is 9.00. The third kappa shape index (κ3) is 3.65. The maximum atomic E-state index is 11.1. The zero-order valence-electron chi connectivity index (χ0n) is 11.0. The number of carbonyl (C=O) groups is 1. The predicted molar refractivity (Wildman–Crippen MR) is 83.5 cm³/mol. The Morgan fingerprint density at radius 3 is 2.45 bits per heavy atom. The van der Waals surface area contributed by atoms with Crippen molar-refractivity contribution in [1.82, 2.24) is 0 Å². The summed E-state index contributed by atoms with van der Waals surface area (Å²) < 4.78 is 0.383. The summed E-state index contributed by atoms with van der Waals surface area (Å²) in [4.78, 5) is 11.1. The van der Waals surface area contributed by atoms with Crippen LogP contribution >= 0.6 is 28.3 Å². The number of hydrogen-bond donors (Lipinski definition) is 3. The Kier molecular flexibility index (Phi) is 6.30. The van der Waals surface area contributed by atoms with Gasteiger partial charge >= 0.3 is 5.97 Å². The second kappa shape index (κ2) is 7.29. The van der Waals surface area contributed by atoms with Crippen molar-refractivity contribution in [3.05, 3.63) is 27.7 Å². The molecule has 0 unspecified atom stereocenters. The minimum Gasteiger partial charge on any atom is -0.506 e. The fourth-order valence-corrected chi connectivity index (χ4v) is 3.22. The van der Waals surface area contributed by atoms with Gasteiger partial charge in [-0.05, 0) is 46.8 Å². The Hall–Kier alpha value is -0.780. The minimum atomic E-state index is -1.02. The molecule has 1 aliphatic carbocycles. The van der Waals surface area contributed by atoms with Gasteiger partial charge in [0.15, 0.2) is 0 Å². The SMILES string of the molecule is Cl.N[C@@H](c1cc(C(=O)O)cc(Br)c1O)C1CCCCC1. The molecule has 1 aromatic rings. The Morgan fingerprint density at radius 2 is 1.90 bits per heavy atom. The molecule has 1 aromatic carbocycles. The molecule has 4 N–H and O–H groups in total. The van der Waals surface area contributed by atoms with Crippen LogP contribution in [0.2, 0.25) is 0 Å². The number of phenolic OH excluding ortho intramolecular Hbond substituents is 1. The summed E-state index contributed by atoms with van der Waals surface area (Å²) in [6, 6.07) is 2.58. The molecule has 20 heavy (non-hydrogen) atoms. The van der Waals surface area contributed by atoms with Gasteiger partial charge in [0.1, 0.15) is 5.75 Å². The minimum absolute atomic E-state index is 0. The van der Waals surface area contributed by atoms with Crippen molar-refractivity contribution in [3.63, 3.8) is 0 Å². The average Bonchev–Trinajstić information content (AvgIpc) is 2.41. The zero-order valence-corrected chi connectivity index (χ0v) is 13.4. The van der Waals surface area contributed by atoms with E-state index in [1.165, 1.54) is 18.6 Å². The molecule has 0 amide bonds. The largest absolute Gasteiger partial charge is 0.506 e. The highest BCUT2D eigenvalue weighted by Crippen LogP contribution is 2.39. The number of hydrogen-bond acceptors (Lipinski definition) is 3. The quantitative estimate of drug-likeness (QED) is 0.760. The highest BCUT2D eigenvalue weighted by molar-refractivity contribution is 9.10. The van der Waals surface area contributed by atoms with Gasteiger partial charge in [0.25, 0.3) is 0 Å². The number of phenols is 1. The Balaban J connectivity index is 0.00000200. The van der Waals surface area contributed by atoms with Crippen LogP contribution in [0.5, 0.6) is 5.75 Å². The fourth-order valence-electron chi connectivity index (χ4n) is 2.75. The first kappa shape index (κ1) is 17.3. The molecule has 0 aromatic heterocycles. The van der Waals surface area contributed by atoms with E-state index >= 15 is 0 Å². The van der Waals surface area contributed by atoms with E-state index in [9.17, 15) is 9.90 Å². The lowest BCUT2D eigenvalue weighted by Gasteiger charge is -2.28. The summed E-state index contributed by atoms with van der Waals surface area (Å²) in [5.74, 6) is -0.642. The van der Waals surface area contributed by atoms with Crippen LogP contribution in [0.25, 0.3) is 0 Å². The molecule has 0 saturated heterocycles. The van der Waals surface area contributed by atoms with Crippen molar-refractivity contribution in [2.24, 2.45) is 11.7 Å². The first-order valence-corrected chi connectivity index (χ1v) is 7.31. The predicted octanol–water partition coefficient (Wildman–Crippen LogP) is 3.85. The Morgan fingerprint density at radius 1 is 1.30 bits per heavy atom. The van der Waals surface area contributed by atoms with Crippen molar-refractivity contribution < 1.29 is 15.0 Å². The van der Waals surface area contributed by atoms with Crippen LogP contribution in [-0.2, 0) is 0 Å². The maximum Gasteiger partial charge on any atom is 0.335 e. The summed E-state index contributed by atoms with van der Waals surface area (Å²) in [5.41, 5.74) is 6.91. The lowest BCUT2D eigenvalue weighted by Crippen LogP contribution is -2.24. The molecule has 1 atom stereocenters. The topological polar surface area (TPSA) is 83.6 Å². The molecule has 0 aliphatic heterocycles. The van der Waals surface area contributed by atoms with E-state index in [0.717, 1.165) is 25.7 Å². The van der Waals surface area contributed by atoms with Gasteiger partial charge in [-0.1, -0.05) is 19.3 Å². The van der Waals surface area contributed by atoms with Gasteiger partial charge in [-0.3, -0.25) is 0 Å². The van der Waals surface area contributed by atoms with Crippen LogP contribution in [0.15, 0.2) is 16.6 Å².